The zero-order valence-electron chi connectivity index (χ0n) is 7.67. The fraction of sp³-hybridized carbons (Fsp3) is 0.444. The van der Waals surface area contributed by atoms with Gasteiger partial charge in [-0.3, -0.25) is 0 Å². The van der Waals surface area contributed by atoms with Crippen LogP contribution in [0.1, 0.15) is 19.1 Å². The van der Waals surface area contributed by atoms with Gasteiger partial charge in [-0.05, 0) is 18.6 Å². The van der Waals surface area contributed by atoms with Crippen LogP contribution in [-0.2, 0) is 6.54 Å². The summed E-state index contributed by atoms with van der Waals surface area (Å²) in [4.78, 5) is 11.0. The Morgan fingerprint density at radius 3 is 3.00 bits per heavy atom. The molecule has 0 aliphatic rings. The second-order valence-corrected chi connectivity index (χ2v) is 2.69. The monoisotopic (exact) mass is 182 g/mol. The maximum atomic E-state index is 11.0. The van der Waals surface area contributed by atoms with Crippen LogP contribution in [0.3, 0.4) is 0 Å². The lowest BCUT2D eigenvalue weighted by Gasteiger charge is -2.04. The van der Waals surface area contributed by atoms with Crippen molar-refractivity contribution >= 4 is 6.03 Å². The van der Waals surface area contributed by atoms with Gasteiger partial charge in [0.2, 0.25) is 0 Å². The molecule has 2 N–H and O–H groups in total. The molecule has 13 heavy (non-hydrogen) atoms. The maximum Gasteiger partial charge on any atom is 0.315 e. The first kappa shape index (κ1) is 9.64. The number of urea groups is 1. The first-order valence-corrected chi connectivity index (χ1v) is 4.37. The van der Waals surface area contributed by atoms with Crippen LogP contribution in [0.5, 0.6) is 0 Å². The average molecular weight is 182 g/mol. The molecule has 0 radical (unpaired) electrons. The lowest BCUT2D eigenvalue weighted by Crippen LogP contribution is -2.35. The summed E-state index contributed by atoms with van der Waals surface area (Å²) in [7, 11) is 0. The molecule has 0 aliphatic carbocycles. The Kier molecular flexibility index (Phi) is 3.88. The summed E-state index contributed by atoms with van der Waals surface area (Å²) >= 11 is 0. The maximum absolute atomic E-state index is 11.0. The van der Waals surface area contributed by atoms with E-state index in [-0.39, 0.29) is 6.03 Å². The van der Waals surface area contributed by atoms with Gasteiger partial charge in [0.15, 0.2) is 0 Å². The zero-order chi connectivity index (χ0) is 9.52. The summed E-state index contributed by atoms with van der Waals surface area (Å²) in [6.45, 7) is 3.14. The third kappa shape index (κ3) is 3.64. The molecule has 72 valence electrons. The van der Waals surface area contributed by atoms with Crippen molar-refractivity contribution in [2.45, 2.75) is 19.9 Å². The van der Waals surface area contributed by atoms with E-state index in [4.69, 9.17) is 4.42 Å². The number of carbonyl (C=O) groups is 1. The second kappa shape index (κ2) is 5.24. The third-order valence-corrected chi connectivity index (χ3v) is 1.54. The summed E-state index contributed by atoms with van der Waals surface area (Å²) < 4.78 is 5.05. The van der Waals surface area contributed by atoms with Crippen LogP contribution in [0, 0.1) is 0 Å². The molecular weight excluding hydrogens is 168 g/mol. The third-order valence-electron chi connectivity index (χ3n) is 1.54. The van der Waals surface area contributed by atoms with Crippen molar-refractivity contribution in [1.82, 2.24) is 10.6 Å². The van der Waals surface area contributed by atoms with Crippen LogP contribution in [-0.4, -0.2) is 12.6 Å². The van der Waals surface area contributed by atoms with Crippen molar-refractivity contribution in [1.29, 1.82) is 0 Å². The van der Waals surface area contributed by atoms with Crippen molar-refractivity contribution in [3.63, 3.8) is 0 Å². The second-order valence-electron chi connectivity index (χ2n) is 2.69. The highest BCUT2D eigenvalue weighted by Gasteiger charge is 1.99. The Bertz CT molecular complexity index is 244. The Morgan fingerprint density at radius 2 is 2.38 bits per heavy atom. The van der Waals surface area contributed by atoms with Crippen LogP contribution < -0.4 is 10.6 Å². The number of hydrogen-bond acceptors (Lipinski definition) is 2. The van der Waals surface area contributed by atoms with Gasteiger partial charge in [0, 0.05) is 6.54 Å². The molecule has 0 saturated carbocycles. The first-order chi connectivity index (χ1) is 6.33. The van der Waals surface area contributed by atoms with Gasteiger partial charge < -0.3 is 15.1 Å². The minimum absolute atomic E-state index is 0.154. The molecule has 4 heteroatoms. The molecule has 2 amide bonds. The number of amides is 2. The van der Waals surface area contributed by atoms with E-state index < -0.39 is 0 Å². The van der Waals surface area contributed by atoms with Gasteiger partial charge in [0.1, 0.15) is 5.76 Å². The van der Waals surface area contributed by atoms with E-state index >= 15 is 0 Å². The predicted molar refractivity (Wildman–Crippen MR) is 49.2 cm³/mol. The van der Waals surface area contributed by atoms with E-state index in [0.29, 0.717) is 13.1 Å². The van der Waals surface area contributed by atoms with Crippen LogP contribution >= 0.6 is 0 Å². The molecule has 1 heterocycles. The smallest absolute Gasteiger partial charge is 0.315 e. The normalized spacial score (nSPS) is 9.62. The highest BCUT2D eigenvalue weighted by molar-refractivity contribution is 5.73. The fourth-order valence-corrected chi connectivity index (χ4v) is 0.882. The van der Waals surface area contributed by atoms with Gasteiger partial charge in [-0.15, -0.1) is 0 Å². The molecule has 1 aromatic rings. The minimum atomic E-state index is -0.154. The molecule has 0 saturated heterocycles. The SMILES string of the molecule is CCCNC(=O)NCc1ccco1. The van der Waals surface area contributed by atoms with Crippen LogP contribution in [0.2, 0.25) is 0 Å². The van der Waals surface area contributed by atoms with E-state index in [1.165, 1.54) is 0 Å². The quantitative estimate of drug-likeness (QED) is 0.741. The van der Waals surface area contributed by atoms with Crippen molar-refractivity contribution in [2.75, 3.05) is 6.54 Å². The highest BCUT2D eigenvalue weighted by atomic mass is 16.3. The molecule has 0 aliphatic heterocycles. The lowest BCUT2D eigenvalue weighted by molar-refractivity contribution is 0.239. The summed E-state index contributed by atoms with van der Waals surface area (Å²) in [6, 6.07) is 3.46. The Morgan fingerprint density at radius 1 is 1.54 bits per heavy atom. The van der Waals surface area contributed by atoms with Crippen LogP contribution in [0.15, 0.2) is 22.8 Å². The van der Waals surface area contributed by atoms with Crippen molar-refractivity contribution < 1.29 is 9.21 Å². The zero-order valence-corrected chi connectivity index (χ0v) is 7.67. The summed E-state index contributed by atoms with van der Waals surface area (Å²) in [5, 5.41) is 5.38. The number of hydrogen-bond donors (Lipinski definition) is 2. The lowest BCUT2D eigenvalue weighted by atomic mass is 10.4. The largest absolute Gasteiger partial charge is 0.467 e. The molecule has 1 aromatic heterocycles. The van der Waals surface area contributed by atoms with Gasteiger partial charge in [-0.1, -0.05) is 6.92 Å². The highest BCUT2D eigenvalue weighted by Crippen LogP contribution is 1.97. The molecular formula is C9H14N2O2. The van der Waals surface area contributed by atoms with E-state index in [1.54, 1.807) is 12.3 Å². The Balaban J connectivity index is 2.15. The summed E-state index contributed by atoms with van der Waals surface area (Å²) in [5.41, 5.74) is 0. The molecule has 0 bridgehead atoms. The minimum Gasteiger partial charge on any atom is -0.467 e. The standard InChI is InChI=1S/C9H14N2O2/c1-2-5-10-9(12)11-7-8-4-3-6-13-8/h3-4,6H,2,5,7H2,1H3,(H2,10,11,12). The van der Waals surface area contributed by atoms with Crippen molar-refractivity contribution in [3.05, 3.63) is 24.2 Å². The average Bonchev–Trinajstić information content (AvgIpc) is 2.64. The Hall–Kier alpha value is -1.45. The van der Waals surface area contributed by atoms with Gasteiger partial charge in [0.25, 0.3) is 0 Å². The topological polar surface area (TPSA) is 54.3 Å². The van der Waals surface area contributed by atoms with Gasteiger partial charge in [-0.2, -0.15) is 0 Å². The summed E-state index contributed by atoms with van der Waals surface area (Å²) in [5.74, 6) is 0.756. The molecule has 0 fully saturated rings. The molecule has 0 aromatic carbocycles. The van der Waals surface area contributed by atoms with Gasteiger partial charge >= 0.3 is 6.03 Å². The van der Waals surface area contributed by atoms with Crippen LogP contribution in [0.4, 0.5) is 4.79 Å². The van der Waals surface area contributed by atoms with E-state index in [1.807, 2.05) is 13.0 Å². The predicted octanol–water partition coefficient (Wildman–Crippen LogP) is 1.49. The molecule has 1 rings (SSSR count). The van der Waals surface area contributed by atoms with Crippen LogP contribution in [0.25, 0.3) is 0 Å². The Labute approximate surface area is 77.3 Å². The van der Waals surface area contributed by atoms with Gasteiger partial charge in [0.05, 0.1) is 12.8 Å². The molecule has 0 unspecified atom stereocenters. The number of carbonyl (C=O) groups excluding carboxylic acids is 1. The van der Waals surface area contributed by atoms with E-state index in [2.05, 4.69) is 10.6 Å². The first-order valence-electron chi connectivity index (χ1n) is 4.37. The van der Waals surface area contributed by atoms with Crippen molar-refractivity contribution in [3.8, 4) is 0 Å². The summed E-state index contributed by atoms with van der Waals surface area (Å²) in [6.07, 6.45) is 2.52. The molecule has 0 spiro atoms. The van der Waals surface area contributed by atoms with E-state index in [0.717, 1.165) is 12.2 Å². The molecule has 0 atom stereocenters. The van der Waals surface area contributed by atoms with Gasteiger partial charge in [-0.25, -0.2) is 4.79 Å². The van der Waals surface area contributed by atoms with E-state index in [9.17, 15) is 4.79 Å². The molecule has 4 nitrogen and oxygen atoms in total. The van der Waals surface area contributed by atoms with Crippen molar-refractivity contribution in [2.24, 2.45) is 0 Å². The number of furan rings is 1. The fourth-order valence-electron chi connectivity index (χ4n) is 0.882. The number of nitrogens with one attached hydrogen (secondary N) is 2. The number of rotatable bonds is 4.